The van der Waals surface area contributed by atoms with Crippen LogP contribution in [-0.2, 0) is 19.2 Å². The third kappa shape index (κ3) is 4.79. The molecule has 0 spiro atoms. The Balaban J connectivity index is 1.55. The number of piperidine rings is 1. The highest BCUT2D eigenvalue weighted by molar-refractivity contribution is 6.36. The van der Waals surface area contributed by atoms with Gasteiger partial charge in [0, 0.05) is 63.3 Å². The highest BCUT2D eigenvalue weighted by Crippen LogP contribution is 2.41. The molecule has 11 nitrogen and oxygen atoms in total. The van der Waals surface area contributed by atoms with E-state index in [0.717, 1.165) is 37.3 Å². The molecule has 0 unspecified atom stereocenters. The van der Waals surface area contributed by atoms with Crippen LogP contribution in [0.5, 0.6) is 5.88 Å². The maximum Gasteiger partial charge on any atom is 0.219 e. The van der Waals surface area contributed by atoms with E-state index in [9.17, 15) is 5.11 Å². The zero-order valence-electron chi connectivity index (χ0n) is 23.3. The number of likely N-dealkylation sites (N-methyl/N-ethyl adjacent to an activating group) is 1. The maximum atomic E-state index is 12.3. The number of fused-ring (bicyclic) bond motifs is 1. The Kier molecular flexibility index (Phi) is 7.74. The van der Waals surface area contributed by atoms with Crippen molar-refractivity contribution in [3.63, 3.8) is 0 Å². The molecule has 4 heterocycles. The molecule has 12 heteroatoms. The van der Waals surface area contributed by atoms with E-state index < -0.39 is 5.60 Å². The quantitative estimate of drug-likeness (QED) is 0.217. The summed E-state index contributed by atoms with van der Waals surface area (Å²) in [5.74, 6) is 7.36. The van der Waals surface area contributed by atoms with Crippen molar-refractivity contribution in [2.75, 3.05) is 27.2 Å². The maximum absolute atomic E-state index is 12.3. The van der Waals surface area contributed by atoms with Gasteiger partial charge in [-0.15, -0.1) is 0 Å². The molecule has 0 saturated carbocycles. The van der Waals surface area contributed by atoms with Crippen LogP contribution in [0.15, 0.2) is 54.8 Å². The van der Waals surface area contributed by atoms with Gasteiger partial charge in [0.25, 0.3) is 0 Å². The van der Waals surface area contributed by atoms with Crippen LogP contribution in [-0.4, -0.2) is 66.6 Å². The van der Waals surface area contributed by atoms with Crippen molar-refractivity contribution in [1.29, 1.82) is 0 Å². The van der Waals surface area contributed by atoms with Crippen molar-refractivity contribution in [3.05, 3.63) is 82.4 Å². The summed E-state index contributed by atoms with van der Waals surface area (Å²) < 4.78 is 9.53. The minimum atomic E-state index is -1.71. The number of aliphatic hydroxyl groups is 1. The summed E-state index contributed by atoms with van der Waals surface area (Å²) >= 11 is 7.10. The molecule has 1 aliphatic rings. The predicted octanol–water partition coefficient (Wildman–Crippen LogP) is 2.81. The molecule has 1 atom stereocenters. The fourth-order valence-corrected chi connectivity index (χ4v) is 5.89. The van der Waals surface area contributed by atoms with Crippen LogP contribution in [0.2, 0.25) is 5.02 Å². The lowest BCUT2D eigenvalue weighted by Gasteiger charge is -2.35. The number of imidazole rings is 1. The van der Waals surface area contributed by atoms with E-state index >= 15 is 0 Å². The summed E-state index contributed by atoms with van der Waals surface area (Å²) in [6, 6.07) is 7.80. The Morgan fingerprint density at radius 3 is 2.65 bits per heavy atom. The number of hydrogen-bond acceptors (Lipinski definition) is 9. The van der Waals surface area contributed by atoms with Gasteiger partial charge in [0.15, 0.2) is 5.60 Å². The SMILES string of the molecule is COc1nc2ccc([C@@](O)(/C(=C/N)N(C)N)c3cnc(C)n3C)cc2c(Cl)c1CN1CCC(n2cccn2)CC1. The number of nitrogens with two attached hydrogens (primary N) is 2. The largest absolute Gasteiger partial charge is 0.481 e. The molecule has 0 aliphatic carbocycles. The lowest BCUT2D eigenvalue weighted by Crippen LogP contribution is -2.42. The van der Waals surface area contributed by atoms with Crippen LogP contribution < -0.4 is 16.3 Å². The van der Waals surface area contributed by atoms with Crippen LogP contribution in [0.25, 0.3) is 10.9 Å². The summed E-state index contributed by atoms with van der Waals surface area (Å²) in [4.78, 5) is 11.5. The zero-order valence-corrected chi connectivity index (χ0v) is 24.0. The molecule has 3 aromatic heterocycles. The van der Waals surface area contributed by atoms with Gasteiger partial charge in [0.2, 0.25) is 5.88 Å². The first-order chi connectivity index (χ1) is 19.2. The van der Waals surface area contributed by atoms with Gasteiger partial charge < -0.3 is 25.2 Å². The van der Waals surface area contributed by atoms with Crippen LogP contribution in [0, 0.1) is 6.92 Å². The van der Waals surface area contributed by atoms with Gasteiger partial charge in [0.05, 0.1) is 41.3 Å². The summed E-state index contributed by atoms with van der Waals surface area (Å²) in [5.41, 5.74) is 7.06. The molecular weight excluding hydrogens is 530 g/mol. The normalized spacial score (nSPS) is 16.8. The number of likely N-dealkylation sites (tertiary alicyclic amines) is 1. The molecule has 1 fully saturated rings. The molecular formula is C28H36ClN9O2. The lowest BCUT2D eigenvalue weighted by atomic mass is 9.86. The minimum Gasteiger partial charge on any atom is -0.481 e. The molecule has 5 N–H and O–H groups in total. The van der Waals surface area contributed by atoms with Gasteiger partial charge in [0.1, 0.15) is 5.82 Å². The van der Waals surface area contributed by atoms with Crippen molar-refractivity contribution >= 4 is 22.5 Å². The Morgan fingerprint density at radius 2 is 2.08 bits per heavy atom. The number of nitrogens with zero attached hydrogens (tertiary/aromatic N) is 7. The van der Waals surface area contributed by atoms with E-state index in [0.29, 0.717) is 45.6 Å². The van der Waals surface area contributed by atoms with Gasteiger partial charge >= 0.3 is 0 Å². The average Bonchev–Trinajstić information content (AvgIpc) is 3.61. The number of aryl methyl sites for hydroxylation is 1. The third-order valence-electron chi connectivity index (χ3n) is 7.93. The highest BCUT2D eigenvalue weighted by atomic mass is 35.5. The third-order valence-corrected chi connectivity index (χ3v) is 8.36. The molecule has 4 aromatic rings. The molecule has 212 valence electrons. The van der Waals surface area contributed by atoms with E-state index in [4.69, 9.17) is 32.9 Å². The molecule has 1 saturated heterocycles. The number of methoxy groups -OCH3 is 1. The van der Waals surface area contributed by atoms with Crippen LogP contribution in [0.1, 0.15) is 41.5 Å². The van der Waals surface area contributed by atoms with Crippen molar-refractivity contribution in [3.8, 4) is 5.88 Å². The number of benzene rings is 1. The highest BCUT2D eigenvalue weighted by Gasteiger charge is 2.41. The lowest BCUT2D eigenvalue weighted by molar-refractivity contribution is 0.0807. The molecule has 1 aromatic carbocycles. The Labute approximate surface area is 238 Å². The molecule has 0 bridgehead atoms. The van der Waals surface area contributed by atoms with Crippen molar-refractivity contribution in [2.45, 2.75) is 38.0 Å². The predicted molar refractivity (Wildman–Crippen MR) is 154 cm³/mol. The fraction of sp³-hybridized carbons (Fsp3) is 0.393. The molecule has 0 radical (unpaired) electrons. The van der Waals surface area contributed by atoms with Gasteiger partial charge in [-0.1, -0.05) is 17.7 Å². The Bertz CT molecular complexity index is 1520. The van der Waals surface area contributed by atoms with E-state index in [1.165, 1.54) is 11.2 Å². The second kappa shape index (κ2) is 11.1. The number of pyridine rings is 1. The molecule has 40 heavy (non-hydrogen) atoms. The topological polar surface area (TPSA) is 137 Å². The Morgan fingerprint density at radius 1 is 1.32 bits per heavy atom. The van der Waals surface area contributed by atoms with Crippen molar-refractivity contribution in [2.24, 2.45) is 18.6 Å². The number of hydrogen-bond donors (Lipinski definition) is 3. The number of aromatic nitrogens is 5. The number of halogens is 1. The first kappa shape index (κ1) is 27.9. The van der Waals surface area contributed by atoms with E-state index in [2.05, 4.69) is 15.0 Å². The van der Waals surface area contributed by atoms with Crippen LogP contribution >= 0.6 is 11.6 Å². The zero-order chi connectivity index (χ0) is 28.6. The first-order valence-electron chi connectivity index (χ1n) is 13.2. The number of rotatable bonds is 8. The molecule has 1 aliphatic heterocycles. The van der Waals surface area contributed by atoms with Crippen LogP contribution in [0.3, 0.4) is 0 Å². The fourth-order valence-electron chi connectivity index (χ4n) is 5.59. The summed E-state index contributed by atoms with van der Waals surface area (Å²) in [6.45, 7) is 4.25. The van der Waals surface area contributed by atoms with E-state index in [1.54, 1.807) is 26.4 Å². The Hall–Kier alpha value is -3.64. The minimum absolute atomic E-state index is 0.285. The van der Waals surface area contributed by atoms with Crippen molar-refractivity contribution < 1.29 is 9.84 Å². The molecule has 5 rings (SSSR count). The smallest absolute Gasteiger partial charge is 0.219 e. The summed E-state index contributed by atoms with van der Waals surface area (Å²) in [6.07, 6.45) is 8.75. The van der Waals surface area contributed by atoms with E-state index in [-0.39, 0.29) is 5.70 Å². The first-order valence-corrected chi connectivity index (χ1v) is 13.6. The van der Waals surface area contributed by atoms with Gasteiger partial charge in [-0.2, -0.15) is 5.10 Å². The summed E-state index contributed by atoms with van der Waals surface area (Å²) in [7, 11) is 5.06. The van der Waals surface area contributed by atoms with Crippen LogP contribution in [0.4, 0.5) is 0 Å². The number of hydrazine groups is 1. The number of ether oxygens (including phenoxy) is 1. The monoisotopic (exact) mass is 565 g/mol. The molecule has 0 amide bonds. The van der Waals surface area contributed by atoms with Gasteiger partial charge in [-0.3, -0.25) is 9.58 Å². The second-order valence-electron chi connectivity index (χ2n) is 10.3. The van der Waals surface area contributed by atoms with Gasteiger partial charge in [-0.05, 0) is 43.5 Å². The van der Waals surface area contributed by atoms with Crippen molar-refractivity contribution in [1.82, 2.24) is 34.2 Å². The summed E-state index contributed by atoms with van der Waals surface area (Å²) in [5, 5.41) is 19.3. The average molecular weight is 566 g/mol. The van der Waals surface area contributed by atoms with E-state index in [1.807, 2.05) is 53.8 Å². The van der Waals surface area contributed by atoms with Gasteiger partial charge in [-0.25, -0.2) is 15.8 Å². The standard InChI is InChI=1S/C28H36ClN9O2/c1-18-32-16-25(35(18)2)28(39,24(15-30)36(3)31)19-6-7-23-21(14-19)26(29)22(27(34-23)40-4)17-37-12-8-20(9-13-37)38-11-5-10-33-38/h5-7,10-11,14-16,20,39H,8-9,12-13,17,30-31H2,1-4H3/b24-15-/t28-/m1/s1. The second-order valence-corrected chi connectivity index (χ2v) is 10.6.